The van der Waals surface area contributed by atoms with Gasteiger partial charge in [0.25, 0.3) is 0 Å². The van der Waals surface area contributed by atoms with Gasteiger partial charge < -0.3 is 10.7 Å². The highest BCUT2D eigenvalue weighted by Crippen LogP contribution is 2.22. The molecule has 0 saturated carbocycles. The molecule has 0 saturated heterocycles. The molecule has 1 aromatic carbocycles. The van der Waals surface area contributed by atoms with Crippen LogP contribution in [-0.4, -0.2) is 9.97 Å². The molecule has 2 aromatic rings. The average Bonchev–Trinajstić information content (AvgIpc) is 2.49. The molecule has 0 unspecified atom stereocenters. The van der Waals surface area contributed by atoms with E-state index in [-0.39, 0.29) is 6.04 Å². The van der Waals surface area contributed by atoms with Gasteiger partial charge >= 0.3 is 0 Å². The molecule has 0 aliphatic rings. The standard InChI is InChI=1S/C9H10BrN3/c1-5(11)9-12-7-4-2-3-6(10)8(7)13-9/h2-5H,11H2,1H3,(H,12,13)/t5-/m1/s1. The summed E-state index contributed by atoms with van der Waals surface area (Å²) in [4.78, 5) is 7.55. The van der Waals surface area contributed by atoms with Crippen LogP contribution in [0.25, 0.3) is 11.0 Å². The fourth-order valence-corrected chi connectivity index (χ4v) is 1.69. The number of halogens is 1. The number of benzene rings is 1. The molecule has 0 fully saturated rings. The molecule has 1 atom stereocenters. The van der Waals surface area contributed by atoms with Gasteiger partial charge in [-0.05, 0) is 35.0 Å². The fourth-order valence-electron chi connectivity index (χ4n) is 1.23. The second kappa shape index (κ2) is 3.12. The highest BCUT2D eigenvalue weighted by Gasteiger charge is 2.07. The van der Waals surface area contributed by atoms with E-state index in [0.29, 0.717) is 0 Å². The van der Waals surface area contributed by atoms with Gasteiger partial charge in [0.05, 0.1) is 11.6 Å². The maximum Gasteiger partial charge on any atom is 0.123 e. The number of nitrogens with zero attached hydrogens (tertiary/aromatic N) is 1. The Balaban J connectivity index is 2.68. The number of hydrogen-bond acceptors (Lipinski definition) is 2. The smallest absolute Gasteiger partial charge is 0.123 e. The largest absolute Gasteiger partial charge is 0.341 e. The van der Waals surface area contributed by atoms with Crippen LogP contribution in [-0.2, 0) is 0 Å². The molecule has 0 radical (unpaired) electrons. The van der Waals surface area contributed by atoms with E-state index in [1.54, 1.807) is 0 Å². The van der Waals surface area contributed by atoms with E-state index < -0.39 is 0 Å². The van der Waals surface area contributed by atoms with E-state index in [9.17, 15) is 0 Å². The van der Waals surface area contributed by atoms with Crippen molar-refractivity contribution in [1.29, 1.82) is 0 Å². The Morgan fingerprint density at radius 3 is 2.92 bits per heavy atom. The van der Waals surface area contributed by atoms with Gasteiger partial charge in [0.15, 0.2) is 0 Å². The van der Waals surface area contributed by atoms with Crippen molar-refractivity contribution < 1.29 is 0 Å². The van der Waals surface area contributed by atoms with Crippen LogP contribution in [0.1, 0.15) is 18.8 Å². The zero-order valence-electron chi connectivity index (χ0n) is 7.21. The Hall–Kier alpha value is -0.870. The quantitative estimate of drug-likeness (QED) is 0.803. The number of nitrogens with two attached hydrogens (primary N) is 1. The van der Waals surface area contributed by atoms with Crippen LogP contribution in [0, 0.1) is 0 Å². The van der Waals surface area contributed by atoms with Crippen LogP contribution in [0.3, 0.4) is 0 Å². The minimum absolute atomic E-state index is 0.0562. The van der Waals surface area contributed by atoms with Crippen LogP contribution in [0.5, 0.6) is 0 Å². The monoisotopic (exact) mass is 239 g/mol. The number of H-pyrrole nitrogens is 1. The zero-order chi connectivity index (χ0) is 9.42. The maximum atomic E-state index is 5.72. The molecule has 1 aromatic heterocycles. The van der Waals surface area contributed by atoms with Gasteiger partial charge in [-0.25, -0.2) is 4.98 Å². The van der Waals surface area contributed by atoms with Gasteiger partial charge in [0, 0.05) is 4.47 Å². The third kappa shape index (κ3) is 1.47. The molecule has 3 N–H and O–H groups in total. The summed E-state index contributed by atoms with van der Waals surface area (Å²) in [6.45, 7) is 1.91. The average molecular weight is 240 g/mol. The summed E-state index contributed by atoms with van der Waals surface area (Å²) in [5.74, 6) is 0.821. The summed E-state index contributed by atoms with van der Waals surface area (Å²) in [6.07, 6.45) is 0. The van der Waals surface area contributed by atoms with E-state index in [2.05, 4.69) is 25.9 Å². The molecule has 1 heterocycles. The number of fused-ring (bicyclic) bond motifs is 1. The molecular formula is C9H10BrN3. The van der Waals surface area contributed by atoms with Gasteiger partial charge in [0.2, 0.25) is 0 Å². The number of aromatic nitrogens is 2. The van der Waals surface area contributed by atoms with Crippen molar-refractivity contribution >= 4 is 27.0 Å². The molecule has 0 bridgehead atoms. The lowest BCUT2D eigenvalue weighted by atomic mass is 10.3. The van der Waals surface area contributed by atoms with E-state index in [4.69, 9.17) is 5.73 Å². The Morgan fingerprint density at radius 2 is 2.31 bits per heavy atom. The highest BCUT2D eigenvalue weighted by atomic mass is 79.9. The summed E-state index contributed by atoms with van der Waals surface area (Å²) >= 11 is 3.44. The lowest BCUT2D eigenvalue weighted by molar-refractivity contribution is 0.760. The lowest BCUT2D eigenvalue weighted by Gasteiger charge is -1.96. The zero-order valence-corrected chi connectivity index (χ0v) is 8.80. The van der Waals surface area contributed by atoms with Gasteiger partial charge in [0.1, 0.15) is 11.3 Å². The van der Waals surface area contributed by atoms with Crippen molar-refractivity contribution in [3.8, 4) is 0 Å². The number of rotatable bonds is 1. The van der Waals surface area contributed by atoms with E-state index in [0.717, 1.165) is 21.3 Å². The predicted octanol–water partition coefficient (Wildman–Crippen LogP) is 2.35. The molecule has 0 amide bonds. The van der Waals surface area contributed by atoms with Gasteiger partial charge in [-0.15, -0.1) is 0 Å². The Bertz CT molecular complexity index is 433. The Labute approximate surface area is 84.5 Å². The predicted molar refractivity (Wildman–Crippen MR) is 56.4 cm³/mol. The van der Waals surface area contributed by atoms with Gasteiger partial charge in [-0.2, -0.15) is 0 Å². The third-order valence-electron chi connectivity index (χ3n) is 1.91. The third-order valence-corrected chi connectivity index (χ3v) is 2.55. The first-order chi connectivity index (χ1) is 6.18. The molecule has 4 heteroatoms. The molecule has 0 aliphatic heterocycles. The van der Waals surface area contributed by atoms with E-state index in [1.807, 2.05) is 25.1 Å². The molecule has 3 nitrogen and oxygen atoms in total. The van der Waals surface area contributed by atoms with Crippen molar-refractivity contribution in [2.24, 2.45) is 5.73 Å². The molecule has 2 rings (SSSR count). The Morgan fingerprint density at radius 1 is 1.54 bits per heavy atom. The van der Waals surface area contributed by atoms with Crippen molar-refractivity contribution in [3.63, 3.8) is 0 Å². The lowest BCUT2D eigenvalue weighted by Crippen LogP contribution is -2.06. The van der Waals surface area contributed by atoms with Crippen LogP contribution < -0.4 is 5.73 Å². The summed E-state index contributed by atoms with van der Waals surface area (Å²) in [7, 11) is 0. The fraction of sp³-hybridized carbons (Fsp3) is 0.222. The van der Waals surface area contributed by atoms with Crippen molar-refractivity contribution in [1.82, 2.24) is 9.97 Å². The Kier molecular flexibility index (Phi) is 2.09. The number of imidazole rings is 1. The second-order valence-electron chi connectivity index (χ2n) is 3.05. The summed E-state index contributed by atoms with van der Waals surface area (Å²) in [5.41, 5.74) is 7.67. The van der Waals surface area contributed by atoms with Crippen molar-refractivity contribution in [2.45, 2.75) is 13.0 Å². The van der Waals surface area contributed by atoms with Gasteiger partial charge in [-0.1, -0.05) is 6.07 Å². The van der Waals surface area contributed by atoms with Crippen LogP contribution in [0.15, 0.2) is 22.7 Å². The summed E-state index contributed by atoms with van der Waals surface area (Å²) in [6, 6.07) is 5.86. The number of aromatic amines is 1. The highest BCUT2D eigenvalue weighted by molar-refractivity contribution is 9.10. The maximum absolute atomic E-state index is 5.72. The SMILES string of the molecule is C[C@@H](N)c1nc2c(Br)cccc2[nH]1. The molecule has 0 aliphatic carbocycles. The molecule has 68 valence electrons. The number of para-hydroxylation sites is 1. The first-order valence-corrected chi connectivity index (χ1v) is 4.87. The second-order valence-corrected chi connectivity index (χ2v) is 3.90. The molecule has 0 spiro atoms. The van der Waals surface area contributed by atoms with E-state index >= 15 is 0 Å². The minimum Gasteiger partial charge on any atom is -0.341 e. The number of nitrogens with one attached hydrogen (secondary N) is 1. The van der Waals surface area contributed by atoms with E-state index in [1.165, 1.54) is 0 Å². The minimum atomic E-state index is -0.0562. The normalized spacial score (nSPS) is 13.5. The topological polar surface area (TPSA) is 54.7 Å². The van der Waals surface area contributed by atoms with Crippen LogP contribution in [0.2, 0.25) is 0 Å². The molecule has 13 heavy (non-hydrogen) atoms. The van der Waals surface area contributed by atoms with Crippen molar-refractivity contribution in [2.75, 3.05) is 0 Å². The van der Waals surface area contributed by atoms with Crippen molar-refractivity contribution in [3.05, 3.63) is 28.5 Å². The van der Waals surface area contributed by atoms with Crippen LogP contribution >= 0.6 is 15.9 Å². The van der Waals surface area contributed by atoms with Gasteiger partial charge in [-0.3, -0.25) is 0 Å². The first-order valence-electron chi connectivity index (χ1n) is 4.08. The van der Waals surface area contributed by atoms with Crippen LogP contribution in [0.4, 0.5) is 0 Å². The first kappa shape index (κ1) is 8.72. The molecular weight excluding hydrogens is 230 g/mol. The summed E-state index contributed by atoms with van der Waals surface area (Å²) < 4.78 is 0.994. The summed E-state index contributed by atoms with van der Waals surface area (Å²) in [5, 5.41) is 0. The number of hydrogen-bond donors (Lipinski definition) is 2.